The molecule has 0 aromatic carbocycles. The summed E-state index contributed by atoms with van der Waals surface area (Å²) in [7, 11) is 0. The third-order valence-electron chi connectivity index (χ3n) is 1.02. The van der Waals surface area contributed by atoms with Gasteiger partial charge in [-0.3, -0.25) is 4.79 Å². The fourth-order valence-corrected chi connectivity index (χ4v) is 0.795. The Labute approximate surface area is 58.2 Å². The summed E-state index contributed by atoms with van der Waals surface area (Å²) in [6.07, 6.45) is 4.14. The summed E-state index contributed by atoms with van der Waals surface area (Å²) in [6, 6.07) is 0. The van der Waals surface area contributed by atoms with Crippen molar-refractivity contribution in [2.45, 2.75) is 0 Å². The molecule has 0 radical (unpaired) electrons. The smallest absolute Gasteiger partial charge is 0.165 e. The van der Waals surface area contributed by atoms with Gasteiger partial charge < -0.3 is 5.32 Å². The third kappa shape index (κ3) is 1.57. The van der Waals surface area contributed by atoms with Gasteiger partial charge in [0.05, 0.1) is 5.70 Å². The van der Waals surface area contributed by atoms with Gasteiger partial charge in [-0.2, -0.15) is 0 Å². The molecule has 0 bridgehead atoms. The Bertz CT molecular complexity index is 183. The number of carbonyl (C=O) groups is 1. The molecule has 0 fully saturated rings. The summed E-state index contributed by atoms with van der Waals surface area (Å²) in [6.45, 7) is 0.642. The fraction of sp³-hybridized carbons (Fsp3) is 0.167. The third-order valence-corrected chi connectivity index (χ3v) is 1.29. The van der Waals surface area contributed by atoms with Crippen molar-refractivity contribution in [3.05, 3.63) is 22.9 Å². The van der Waals surface area contributed by atoms with Crippen LogP contribution in [0, 0.1) is 0 Å². The minimum Gasteiger partial charge on any atom is -0.379 e. The summed E-state index contributed by atoms with van der Waals surface area (Å²) < 4.78 is 0. The van der Waals surface area contributed by atoms with E-state index in [9.17, 15) is 4.79 Å². The lowest BCUT2D eigenvalue weighted by Crippen LogP contribution is -2.16. The molecule has 0 atom stereocenters. The van der Waals surface area contributed by atoms with Gasteiger partial charge in [-0.1, -0.05) is 11.6 Å². The zero-order chi connectivity index (χ0) is 6.69. The first-order valence-electron chi connectivity index (χ1n) is 2.59. The Balaban J connectivity index is 2.74. The Hall–Kier alpha value is -0.760. The maximum Gasteiger partial charge on any atom is 0.165 e. The van der Waals surface area contributed by atoms with Gasteiger partial charge in [0, 0.05) is 11.6 Å². The van der Waals surface area contributed by atoms with Crippen LogP contribution in [0.25, 0.3) is 0 Å². The lowest BCUT2D eigenvalue weighted by atomic mass is 10.3. The van der Waals surface area contributed by atoms with E-state index in [1.54, 1.807) is 12.2 Å². The fourth-order valence-electron chi connectivity index (χ4n) is 0.601. The highest BCUT2D eigenvalue weighted by Gasteiger charge is 1.98. The lowest BCUT2D eigenvalue weighted by molar-refractivity contribution is -0.105. The van der Waals surface area contributed by atoms with E-state index >= 15 is 0 Å². The molecule has 1 heterocycles. The predicted octanol–water partition coefficient (Wildman–Crippen LogP) is 0.795. The second-order valence-electron chi connectivity index (χ2n) is 1.69. The number of rotatable bonds is 1. The summed E-state index contributed by atoms with van der Waals surface area (Å²) in [4.78, 5) is 10.1. The molecule has 0 amide bonds. The largest absolute Gasteiger partial charge is 0.379 e. The second kappa shape index (κ2) is 2.69. The highest BCUT2D eigenvalue weighted by molar-refractivity contribution is 6.31. The Morgan fingerprint density at radius 3 is 3.00 bits per heavy atom. The van der Waals surface area contributed by atoms with Gasteiger partial charge in [0.15, 0.2) is 6.29 Å². The van der Waals surface area contributed by atoms with E-state index in [2.05, 4.69) is 5.32 Å². The standard InChI is InChI=1S/C6H6ClNO/c7-5-1-2-8-6(3-5)4-9/h1,3-4,8H,2H2. The number of dihydropyridines is 1. The number of hydrogen-bond donors (Lipinski definition) is 1. The van der Waals surface area contributed by atoms with Crippen LogP contribution < -0.4 is 5.32 Å². The molecule has 48 valence electrons. The molecule has 1 aliphatic rings. The van der Waals surface area contributed by atoms with Crippen molar-refractivity contribution in [1.82, 2.24) is 5.32 Å². The molecular weight excluding hydrogens is 138 g/mol. The minimum absolute atomic E-state index is 0.544. The maximum absolute atomic E-state index is 10.1. The van der Waals surface area contributed by atoms with Crippen molar-refractivity contribution >= 4 is 17.9 Å². The molecule has 0 unspecified atom stereocenters. The number of allylic oxidation sites excluding steroid dienone is 3. The van der Waals surface area contributed by atoms with Gasteiger partial charge in [0.2, 0.25) is 0 Å². The molecule has 0 aromatic rings. The highest BCUT2D eigenvalue weighted by atomic mass is 35.5. The summed E-state index contributed by atoms with van der Waals surface area (Å²) in [5, 5.41) is 3.45. The van der Waals surface area contributed by atoms with Crippen LogP contribution in [-0.4, -0.2) is 12.8 Å². The van der Waals surface area contributed by atoms with Gasteiger partial charge in [0.25, 0.3) is 0 Å². The number of carbonyl (C=O) groups excluding carboxylic acids is 1. The first-order valence-corrected chi connectivity index (χ1v) is 2.97. The minimum atomic E-state index is 0.544. The topological polar surface area (TPSA) is 29.1 Å². The SMILES string of the molecule is O=CC1=CC(Cl)=CCN1. The maximum atomic E-state index is 10.1. The van der Waals surface area contributed by atoms with Crippen molar-refractivity contribution in [2.24, 2.45) is 0 Å². The Morgan fingerprint density at radius 2 is 2.56 bits per heavy atom. The van der Waals surface area contributed by atoms with E-state index in [4.69, 9.17) is 11.6 Å². The molecule has 0 saturated carbocycles. The van der Waals surface area contributed by atoms with E-state index in [1.165, 1.54) is 0 Å². The molecule has 1 aliphatic heterocycles. The van der Waals surface area contributed by atoms with Crippen molar-refractivity contribution in [3.8, 4) is 0 Å². The van der Waals surface area contributed by atoms with Gasteiger partial charge in [-0.25, -0.2) is 0 Å². The zero-order valence-corrected chi connectivity index (χ0v) is 5.48. The summed E-state index contributed by atoms with van der Waals surface area (Å²) in [5.74, 6) is 0. The highest BCUT2D eigenvalue weighted by Crippen LogP contribution is 2.07. The van der Waals surface area contributed by atoms with Crippen molar-refractivity contribution < 1.29 is 4.79 Å². The second-order valence-corrected chi connectivity index (χ2v) is 2.12. The van der Waals surface area contributed by atoms with E-state index in [0.29, 0.717) is 17.3 Å². The average Bonchev–Trinajstić information content (AvgIpc) is 1.88. The van der Waals surface area contributed by atoms with Crippen LogP contribution in [0.3, 0.4) is 0 Å². The first-order chi connectivity index (χ1) is 4.33. The molecule has 0 aliphatic carbocycles. The molecule has 9 heavy (non-hydrogen) atoms. The van der Waals surface area contributed by atoms with Crippen molar-refractivity contribution in [1.29, 1.82) is 0 Å². The first kappa shape index (κ1) is 6.36. The number of halogens is 1. The monoisotopic (exact) mass is 143 g/mol. The molecule has 1 rings (SSSR count). The van der Waals surface area contributed by atoms with Crippen LogP contribution in [0.5, 0.6) is 0 Å². The number of aldehydes is 1. The Morgan fingerprint density at radius 1 is 1.78 bits per heavy atom. The molecule has 0 saturated heterocycles. The number of nitrogens with one attached hydrogen (secondary N) is 1. The van der Waals surface area contributed by atoms with Gasteiger partial charge in [0.1, 0.15) is 0 Å². The van der Waals surface area contributed by atoms with Gasteiger partial charge in [-0.05, 0) is 12.2 Å². The molecule has 3 heteroatoms. The van der Waals surface area contributed by atoms with E-state index in [1.807, 2.05) is 0 Å². The average molecular weight is 144 g/mol. The Kier molecular flexibility index (Phi) is 1.90. The quantitative estimate of drug-likeness (QED) is 0.550. The lowest BCUT2D eigenvalue weighted by Gasteiger charge is -2.06. The molecule has 2 nitrogen and oxygen atoms in total. The molecule has 0 spiro atoms. The van der Waals surface area contributed by atoms with E-state index in [0.717, 1.165) is 6.29 Å². The van der Waals surface area contributed by atoms with Crippen molar-refractivity contribution in [2.75, 3.05) is 6.54 Å². The normalized spacial score (nSPS) is 17.4. The number of hydrogen-bond acceptors (Lipinski definition) is 2. The zero-order valence-electron chi connectivity index (χ0n) is 4.73. The molecule has 1 N–H and O–H groups in total. The molecular formula is C6H6ClNO. The van der Waals surface area contributed by atoms with Crippen LogP contribution in [0.2, 0.25) is 0 Å². The summed E-state index contributed by atoms with van der Waals surface area (Å²) in [5.41, 5.74) is 0.544. The van der Waals surface area contributed by atoms with E-state index < -0.39 is 0 Å². The van der Waals surface area contributed by atoms with Crippen LogP contribution in [0.1, 0.15) is 0 Å². The van der Waals surface area contributed by atoms with E-state index in [-0.39, 0.29) is 0 Å². The van der Waals surface area contributed by atoms with Crippen LogP contribution in [0.4, 0.5) is 0 Å². The van der Waals surface area contributed by atoms with Crippen LogP contribution in [0.15, 0.2) is 22.9 Å². The van der Waals surface area contributed by atoms with Gasteiger partial charge >= 0.3 is 0 Å². The van der Waals surface area contributed by atoms with Crippen molar-refractivity contribution in [3.63, 3.8) is 0 Å². The predicted molar refractivity (Wildman–Crippen MR) is 36.1 cm³/mol. The molecule has 0 aromatic heterocycles. The van der Waals surface area contributed by atoms with Gasteiger partial charge in [-0.15, -0.1) is 0 Å². The summed E-state index contributed by atoms with van der Waals surface area (Å²) >= 11 is 5.58. The van der Waals surface area contributed by atoms with Crippen LogP contribution in [-0.2, 0) is 4.79 Å². The van der Waals surface area contributed by atoms with Crippen LogP contribution >= 0.6 is 11.6 Å².